The molecular formula is C6H12N2O2. The average molecular weight is 144 g/mol. The first-order valence-electron chi connectivity index (χ1n) is 3.42. The Labute approximate surface area is 59.4 Å². The minimum atomic E-state index is -0.796. The molecular weight excluding hydrogens is 132 g/mol. The molecule has 1 aliphatic rings. The summed E-state index contributed by atoms with van der Waals surface area (Å²) in [6.45, 7) is 0.720. The van der Waals surface area contributed by atoms with E-state index in [4.69, 9.17) is 10.8 Å². The van der Waals surface area contributed by atoms with E-state index in [0.717, 1.165) is 13.0 Å². The highest BCUT2D eigenvalue weighted by Crippen LogP contribution is 2.05. The van der Waals surface area contributed by atoms with Crippen LogP contribution in [0.15, 0.2) is 0 Å². The Balaban J connectivity index is 2.39. The molecule has 0 spiro atoms. The lowest BCUT2D eigenvalue weighted by atomic mass is 10.0. The highest BCUT2D eigenvalue weighted by atomic mass is 16.4. The van der Waals surface area contributed by atoms with Gasteiger partial charge < -0.3 is 16.2 Å². The van der Waals surface area contributed by atoms with Crippen LogP contribution in [0.3, 0.4) is 0 Å². The number of aliphatic carboxylic acids is 1. The summed E-state index contributed by atoms with van der Waals surface area (Å²) in [5.74, 6) is -0.796. The Morgan fingerprint density at radius 2 is 2.40 bits per heavy atom. The quantitative estimate of drug-likeness (QED) is 0.448. The molecule has 10 heavy (non-hydrogen) atoms. The summed E-state index contributed by atoms with van der Waals surface area (Å²) in [5, 5.41) is 11.4. The third-order valence-corrected chi connectivity index (χ3v) is 1.74. The molecule has 1 heterocycles. The second-order valence-corrected chi connectivity index (χ2v) is 2.63. The van der Waals surface area contributed by atoms with E-state index < -0.39 is 12.0 Å². The minimum absolute atomic E-state index is 0.0577. The van der Waals surface area contributed by atoms with E-state index in [-0.39, 0.29) is 6.04 Å². The molecule has 1 saturated heterocycles. The van der Waals surface area contributed by atoms with Crippen molar-refractivity contribution in [2.24, 2.45) is 5.73 Å². The lowest BCUT2D eigenvalue weighted by Crippen LogP contribution is -2.47. The molecule has 4 nitrogen and oxygen atoms in total. The van der Waals surface area contributed by atoms with Crippen LogP contribution in [0.5, 0.6) is 0 Å². The van der Waals surface area contributed by atoms with E-state index in [0.29, 0.717) is 6.42 Å². The smallest absolute Gasteiger partial charge is 0.320 e. The van der Waals surface area contributed by atoms with E-state index in [1.165, 1.54) is 0 Å². The fourth-order valence-corrected chi connectivity index (χ4v) is 1.14. The highest BCUT2D eigenvalue weighted by Gasteiger charge is 2.23. The Morgan fingerprint density at radius 3 is 2.80 bits per heavy atom. The van der Waals surface area contributed by atoms with Crippen molar-refractivity contribution in [3.05, 3.63) is 0 Å². The largest absolute Gasteiger partial charge is 0.480 e. The molecule has 4 heteroatoms. The van der Waals surface area contributed by atoms with Gasteiger partial charge in [0.1, 0.15) is 6.04 Å². The molecule has 0 aromatic rings. The Kier molecular flexibility index (Phi) is 2.24. The number of hydrogen-bond acceptors (Lipinski definition) is 3. The molecule has 4 N–H and O–H groups in total. The van der Waals surface area contributed by atoms with Crippen molar-refractivity contribution in [3.63, 3.8) is 0 Å². The normalized spacial score (nSPS) is 33.7. The molecule has 0 unspecified atom stereocenters. The number of rotatable bonds is 1. The summed E-state index contributed by atoms with van der Waals surface area (Å²) < 4.78 is 0. The topological polar surface area (TPSA) is 75.3 Å². The number of piperidine rings is 1. The van der Waals surface area contributed by atoms with Crippen LogP contribution in [0.4, 0.5) is 0 Å². The van der Waals surface area contributed by atoms with E-state index in [1.807, 2.05) is 0 Å². The molecule has 0 bridgehead atoms. The monoisotopic (exact) mass is 144 g/mol. The van der Waals surface area contributed by atoms with E-state index in [9.17, 15) is 4.79 Å². The van der Waals surface area contributed by atoms with Crippen LogP contribution >= 0.6 is 0 Å². The fraction of sp³-hybridized carbons (Fsp3) is 0.833. The van der Waals surface area contributed by atoms with Gasteiger partial charge in [-0.25, -0.2) is 0 Å². The second-order valence-electron chi connectivity index (χ2n) is 2.63. The minimum Gasteiger partial charge on any atom is -0.480 e. The van der Waals surface area contributed by atoms with Gasteiger partial charge in [-0.15, -0.1) is 0 Å². The molecule has 0 aromatic carbocycles. The number of carboxylic acids is 1. The molecule has 1 aliphatic heterocycles. The maximum Gasteiger partial charge on any atom is 0.320 e. The number of nitrogens with one attached hydrogen (secondary N) is 1. The van der Waals surface area contributed by atoms with Gasteiger partial charge in [0.2, 0.25) is 0 Å². The van der Waals surface area contributed by atoms with Gasteiger partial charge in [-0.1, -0.05) is 0 Å². The maximum atomic E-state index is 10.4. The first-order valence-corrected chi connectivity index (χ1v) is 3.42. The Morgan fingerprint density at radius 1 is 1.70 bits per heavy atom. The molecule has 2 atom stereocenters. The van der Waals surface area contributed by atoms with Crippen molar-refractivity contribution in [3.8, 4) is 0 Å². The maximum absolute atomic E-state index is 10.4. The molecule has 58 valence electrons. The van der Waals surface area contributed by atoms with Gasteiger partial charge in [-0.2, -0.15) is 0 Å². The van der Waals surface area contributed by atoms with E-state index >= 15 is 0 Å². The lowest BCUT2D eigenvalue weighted by molar-refractivity contribution is -0.140. The Hall–Kier alpha value is -0.610. The van der Waals surface area contributed by atoms with Gasteiger partial charge in [0, 0.05) is 6.04 Å². The fourth-order valence-electron chi connectivity index (χ4n) is 1.14. The summed E-state index contributed by atoms with van der Waals surface area (Å²) in [6, 6.07) is -0.369. The van der Waals surface area contributed by atoms with Crippen molar-refractivity contribution in [1.82, 2.24) is 5.32 Å². The van der Waals surface area contributed by atoms with Crippen LogP contribution < -0.4 is 11.1 Å². The van der Waals surface area contributed by atoms with Crippen LogP contribution in [0.2, 0.25) is 0 Å². The van der Waals surface area contributed by atoms with E-state index in [1.54, 1.807) is 0 Å². The predicted octanol–water partition coefficient (Wildman–Crippen LogP) is -0.850. The van der Waals surface area contributed by atoms with Gasteiger partial charge in [-0.05, 0) is 19.4 Å². The Bertz CT molecular complexity index is 138. The van der Waals surface area contributed by atoms with Crippen LogP contribution in [0, 0.1) is 0 Å². The zero-order chi connectivity index (χ0) is 7.56. The molecule has 0 aliphatic carbocycles. The van der Waals surface area contributed by atoms with Gasteiger partial charge in [0.15, 0.2) is 0 Å². The molecule has 0 radical (unpaired) electrons. The standard InChI is InChI=1S/C6H12N2O2/c7-4-1-2-8-5(3-4)6(9)10/h4-5,8H,1-3,7H2,(H,9,10)/t4-,5+/m1/s1. The lowest BCUT2D eigenvalue weighted by Gasteiger charge is -2.24. The van der Waals surface area contributed by atoms with Crippen LogP contribution in [0.25, 0.3) is 0 Å². The molecule has 1 rings (SSSR count). The molecule has 0 saturated carbocycles. The summed E-state index contributed by atoms with van der Waals surface area (Å²) in [5.41, 5.74) is 5.56. The molecule has 0 aromatic heterocycles. The average Bonchev–Trinajstić information content (AvgIpc) is 1.88. The van der Waals surface area contributed by atoms with Gasteiger partial charge in [0.25, 0.3) is 0 Å². The summed E-state index contributed by atoms with van der Waals surface area (Å²) in [6.07, 6.45) is 1.43. The SMILES string of the molecule is N[C@@H]1CCN[C@H](C(=O)O)C1. The third-order valence-electron chi connectivity index (χ3n) is 1.74. The first-order chi connectivity index (χ1) is 4.70. The van der Waals surface area contributed by atoms with Crippen LogP contribution in [0.1, 0.15) is 12.8 Å². The zero-order valence-electron chi connectivity index (χ0n) is 5.71. The number of carboxylic acid groups (broad SMARTS) is 1. The zero-order valence-corrected chi connectivity index (χ0v) is 5.71. The summed E-state index contributed by atoms with van der Waals surface area (Å²) >= 11 is 0. The van der Waals surface area contributed by atoms with Crippen molar-refractivity contribution in [2.75, 3.05) is 6.54 Å². The van der Waals surface area contributed by atoms with Crippen LogP contribution in [-0.4, -0.2) is 29.7 Å². The predicted molar refractivity (Wildman–Crippen MR) is 36.6 cm³/mol. The number of carbonyl (C=O) groups is 1. The number of nitrogens with two attached hydrogens (primary N) is 1. The molecule has 1 fully saturated rings. The van der Waals surface area contributed by atoms with Gasteiger partial charge >= 0.3 is 5.97 Å². The second kappa shape index (κ2) is 2.98. The molecule has 0 amide bonds. The van der Waals surface area contributed by atoms with Gasteiger partial charge in [0.05, 0.1) is 0 Å². The van der Waals surface area contributed by atoms with Crippen molar-refractivity contribution < 1.29 is 9.90 Å². The van der Waals surface area contributed by atoms with Crippen molar-refractivity contribution in [2.45, 2.75) is 24.9 Å². The summed E-state index contributed by atoms with van der Waals surface area (Å²) in [7, 11) is 0. The van der Waals surface area contributed by atoms with Gasteiger partial charge in [-0.3, -0.25) is 4.79 Å². The number of hydrogen-bond donors (Lipinski definition) is 3. The van der Waals surface area contributed by atoms with Crippen LogP contribution in [-0.2, 0) is 4.79 Å². The first kappa shape index (κ1) is 7.50. The summed E-state index contributed by atoms with van der Waals surface area (Å²) in [4.78, 5) is 10.4. The highest BCUT2D eigenvalue weighted by molar-refractivity contribution is 5.73. The van der Waals surface area contributed by atoms with Crippen molar-refractivity contribution in [1.29, 1.82) is 0 Å². The third kappa shape index (κ3) is 1.68. The van der Waals surface area contributed by atoms with E-state index in [2.05, 4.69) is 5.32 Å². The van der Waals surface area contributed by atoms with Crippen molar-refractivity contribution >= 4 is 5.97 Å².